The first kappa shape index (κ1) is 14.6. The summed E-state index contributed by atoms with van der Waals surface area (Å²) in [7, 11) is 0. The molecule has 0 saturated carbocycles. The lowest BCUT2D eigenvalue weighted by atomic mass is 10.4. The number of aromatic nitrogens is 2. The van der Waals surface area contributed by atoms with Crippen molar-refractivity contribution in [2.24, 2.45) is 0 Å². The van der Waals surface area contributed by atoms with E-state index in [0.29, 0.717) is 11.0 Å². The first-order valence-corrected chi connectivity index (χ1v) is 5.59. The van der Waals surface area contributed by atoms with E-state index in [0.717, 1.165) is 10.8 Å². The molecule has 0 aliphatic heterocycles. The number of nitro groups is 1. The van der Waals surface area contributed by atoms with Gasteiger partial charge in [0.25, 0.3) is 0 Å². The second-order valence-corrected chi connectivity index (χ2v) is 3.85. The Hall–Kier alpha value is -2.45. The zero-order valence-electron chi connectivity index (χ0n) is 10.2. The van der Waals surface area contributed by atoms with E-state index < -0.39 is 40.8 Å². The summed E-state index contributed by atoms with van der Waals surface area (Å²) in [6, 6.07) is 0. The van der Waals surface area contributed by atoms with Gasteiger partial charge >= 0.3 is 22.9 Å². The Kier molecular flexibility index (Phi) is 4.56. The van der Waals surface area contributed by atoms with Crippen molar-refractivity contribution < 1.29 is 14.8 Å². The van der Waals surface area contributed by atoms with Crippen LogP contribution in [0.1, 0.15) is 19.8 Å². The van der Waals surface area contributed by atoms with Gasteiger partial charge in [-0.2, -0.15) is 0 Å². The van der Waals surface area contributed by atoms with Crippen LogP contribution in [0, 0.1) is 10.1 Å². The van der Waals surface area contributed by atoms with Gasteiger partial charge in [-0.1, -0.05) is 6.92 Å². The lowest BCUT2D eigenvalue weighted by molar-refractivity contribution is -0.387. The lowest BCUT2D eigenvalue weighted by Gasteiger charge is -2.08. The molecule has 1 aromatic heterocycles. The van der Waals surface area contributed by atoms with Crippen molar-refractivity contribution in [1.82, 2.24) is 9.13 Å². The maximum Gasteiger partial charge on any atom is 0.350 e. The van der Waals surface area contributed by atoms with E-state index in [9.17, 15) is 24.5 Å². The Morgan fingerprint density at radius 1 is 1.42 bits per heavy atom. The number of hydrogen-bond donors (Lipinski definition) is 1. The molecule has 1 aromatic rings. The summed E-state index contributed by atoms with van der Waals surface area (Å²) in [6.07, 6.45) is 0.988. The second-order valence-electron chi connectivity index (χ2n) is 3.85. The number of nitrogens with zero attached hydrogens (tertiary/aromatic N) is 3. The zero-order valence-corrected chi connectivity index (χ0v) is 10.2. The Bertz CT molecular complexity index is 615. The Morgan fingerprint density at radius 3 is 2.53 bits per heavy atom. The van der Waals surface area contributed by atoms with Gasteiger partial charge in [0.1, 0.15) is 0 Å². The van der Waals surface area contributed by atoms with Gasteiger partial charge in [-0.05, 0) is 6.42 Å². The van der Waals surface area contributed by atoms with Crippen LogP contribution >= 0.6 is 0 Å². The highest BCUT2D eigenvalue weighted by Crippen LogP contribution is 2.01. The minimum atomic E-state index is -1.19. The van der Waals surface area contributed by atoms with Gasteiger partial charge in [-0.25, -0.2) is 4.79 Å². The van der Waals surface area contributed by atoms with Crippen LogP contribution in [0.4, 0.5) is 5.69 Å². The largest absolute Gasteiger partial charge is 0.481 e. The van der Waals surface area contributed by atoms with Gasteiger partial charge < -0.3 is 5.11 Å². The normalized spacial score (nSPS) is 10.4. The first-order chi connectivity index (χ1) is 8.88. The average molecular weight is 271 g/mol. The van der Waals surface area contributed by atoms with Gasteiger partial charge in [0, 0.05) is 13.1 Å². The number of carboxylic acids is 1. The third-order valence-electron chi connectivity index (χ3n) is 2.43. The van der Waals surface area contributed by atoms with E-state index in [1.165, 1.54) is 0 Å². The molecule has 0 unspecified atom stereocenters. The zero-order chi connectivity index (χ0) is 14.6. The number of carboxylic acid groups (broad SMARTS) is 1. The Labute approximate surface area is 106 Å². The minimum absolute atomic E-state index is 0.215. The fourth-order valence-corrected chi connectivity index (χ4v) is 1.57. The summed E-state index contributed by atoms with van der Waals surface area (Å²) in [5.41, 5.74) is -2.55. The average Bonchev–Trinajstić information content (AvgIpc) is 2.31. The molecule has 0 aromatic carbocycles. The summed E-state index contributed by atoms with van der Waals surface area (Å²) < 4.78 is 1.63. The molecule has 9 nitrogen and oxygen atoms in total. The molecule has 0 spiro atoms. The van der Waals surface area contributed by atoms with Crippen LogP contribution in [0.15, 0.2) is 15.8 Å². The van der Waals surface area contributed by atoms with Gasteiger partial charge in [-0.15, -0.1) is 0 Å². The molecular weight excluding hydrogens is 258 g/mol. The fraction of sp³-hybridized carbons (Fsp3) is 0.500. The maximum absolute atomic E-state index is 11.9. The molecule has 0 amide bonds. The second kappa shape index (κ2) is 5.94. The first-order valence-electron chi connectivity index (χ1n) is 5.59. The standard InChI is InChI=1S/C10H13N3O6/c1-2-4-11-6-7(13(18)19)9(16)12(10(11)17)5-3-8(14)15/h6H,2-5H2,1H3,(H,14,15). The van der Waals surface area contributed by atoms with Crippen LogP contribution in [-0.4, -0.2) is 25.1 Å². The molecule has 0 aliphatic rings. The minimum Gasteiger partial charge on any atom is -0.481 e. The number of aliphatic carboxylic acids is 1. The van der Waals surface area contributed by atoms with Crippen molar-refractivity contribution in [2.45, 2.75) is 32.9 Å². The summed E-state index contributed by atoms with van der Waals surface area (Å²) in [6.45, 7) is 1.59. The highest BCUT2D eigenvalue weighted by Gasteiger charge is 2.19. The lowest BCUT2D eigenvalue weighted by Crippen LogP contribution is -2.40. The monoisotopic (exact) mass is 271 g/mol. The Balaban J connectivity index is 3.41. The fourth-order valence-electron chi connectivity index (χ4n) is 1.57. The number of hydrogen-bond acceptors (Lipinski definition) is 5. The predicted octanol–water partition coefficient (Wildman–Crippen LogP) is -0.197. The van der Waals surface area contributed by atoms with E-state index in [1.807, 2.05) is 0 Å². The van der Waals surface area contributed by atoms with Crippen LogP contribution in [-0.2, 0) is 17.9 Å². The van der Waals surface area contributed by atoms with Crippen molar-refractivity contribution in [1.29, 1.82) is 0 Å². The van der Waals surface area contributed by atoms with Crippen LogP contribution in [0.25, 0.3) is 0 Å². The van der Waals surface area contributed by atoms with Gasteiger partial charge in [0.2, 0.25) is 0 Å². The van der Waals surface area contributed by atoms with Crippen molar-refractivity contribution in [3.63, 3.8) is 0 Å². The molecule has 1 N–H and O–H groups in total. The van der Waals surface area contributed by atoms with Crippen LogP contribution < -0.4 is 11.2 Å². The third-order valence-corrected chi connectivity index (χ3v) is 2.43. The molecule has 0 radical (unpaired) electrons. The quantitative estimate of drug-likeness (QED) is 0.564. The Morgan fingerprint density at radius 2 is 2.05 bits per heavy atom. The van der Waals surface area contributed by atoms with Crippen molar-refractivity contribution in [3.05, 3.63) is 37.1 Å². The molecule has 19 heavy (non-hydrogen) atoms. The van der Waals surface area contributed by atoms with Crippen molar-refractivity contribution in [2.75, 3.05) is 0 Å². The third kappa shape index (κ3) is 3.27. The smallest absolute Gasteiger partial charge is 0.350 e. The van der Waals surface area contributed by atoms with Crippen LogP contribution in [0.5, 0.6) is 0 Å². The number of rotatable bonds is 6. The van der Waals surface area contributed by atoms with Crippen LogP contribution in [0.3, 0.4) is 0 Å². The van der Waals surface area contributed by atoms with E-state index in [4.69, 9.17) is 5.11 Å². The predicted molar refractivity (Wildman–Crippen MR) is 64.2 cm³/mol. The summed E-state index contributed by atoms with van der Waals surface area (Å²) in [5, 5.41) is 19.3. The molecule has 104 valence electrons. The highest BCUT2D eigenvalue weighted by atomic mass is 16.6. The van der Waals surface area contributed by atoms with E-state index in [2.05, 4.69) is 0 Å². The molecule has 1 rings (SSSR count). The summed E-state index contributed by atoms with van der Waals surface area (Å²) in [5.74, 6) is -1.19. The summed E-state index contributed by atoms with van der Waals surface area (Å²) >= 11 is 0. The molecule has 9 heteroatoms. The SMILES string of the molecule is CCCn1cc([N+](=O)[O-])c(=O)n(CCC(=O)O)c1=O. The molecule has 0 bridgehead atoms. The van der Waals surface area contributed by atoms with E-state index in [-0.39, 0.29) is 6.54 Å². The van der Waals surface area contributed by atoms with E-state index in [1.54, 1.807) is 6.92 Å². The molecule has 0 saturated heterocycles. The molecule has 0 atom stereocenters. The van der Waals surface area contributed by atoms with Gasteiger partial charge in [0.05, 0.1) is 17.5 Å². The highest BCUT2D eigenvalue weighted by molar-refractivity contribution is 5.66. The van der Waals surface area contributed by atoms with E-state index >= 15 is 0 Å². The van der Waals surface area contributed by atoms with Gasteiger partial charge in [-0.3, -0.25) is 28.8 Å². The summed E-state index contributed by atoms with van der Waals surface area (Å²) in [4.78, 5) is 43.9. The van der Waals surface area contributed by atoms with Crippen LogP contribution in [0.2, 0.25) is 0 Å². The number of aryl methyl sites for hydroxylation is 1. The molecule has 1 heterocycles. The topological polar surface area (TPSA) is 124 Å². The molecule has 0 fully saturated rings. The molecular formula is C10H13N3O6. The number of carbonyl (C=O) groups is 1. The van der Waals surface area contributed by atoms with Crippen molar-refractivity contribution >= 4 is 11.7 Å². The van der Waals surface area contributed by atoms with Crippen molar-refractivity contribution in [3.8, 4) is 0 Å². The molecule has 0 aliphatic carbocycles. The maximum atomic E-state index is 11.9. The van der Waals surface area contributed by atoms with Gasteiger partial charge in [0.15, 0.2) is 0 Å².